The number of benzene rings is 2. The molecule has 0 aliphatic carbocycles. The minimum atomic E-state index is -3.93. The van der Waals surface area contributed by atoms with Crippen LogP contribution in [0.3, 0.4) is 0 Å². The molecule has 1 fully saturated rings. The molecule has 0 atom stereocenters. The van der Waals surface area contributed by atoms with Gasteiger partial charge in [0.2, 0.25) is 0 Å². The zero-order valence-electron chi connectivity index (χ0n) is 19.8. The Hall–Kier alpha value is -2.49. The summed E-state index contributed by atoms with van der Waals surface area (Å²) in [6.07, 6.45) is 3.17. The highest BCUT2D eigenvalue weighted by Crippen LogP contribution is 2.31. The first kappa shape index (κ1) is 26.1. The standard InChI is InChI=1S/C24H32ClN3O5S/c1-4-5-11-27-12-6-13-28(15-14-27)24(29)20-16-18(7-9-21(20)25)26-34(30,31)19-8-10-22(32-2)23(17-19)33-3/h7-10,16-17,26H,4-6,11-15H2,1-3H3. The number of carbonyl (C=O) groups excluding carboxylic acids is 1. The average Bonchev–Trinajstić information content (AvgIpc) is 3.08. The van der Waals surface area contributed by atoms with Crippen molar-refractivity contribution >= 4 is 33.2 Å². The molecular formula is C24H32ClN3O5S. The lowest BCUT2D eigenvalue weighted by Gasteiger charge is -2.22. The minimum absolute atomic E-state index is 0.00710. The van der Waals surface area contributed by atoms with Crippen LogP contribution in [0, 0.1) is 0 Å². The molecule has 1 N–H and O–H groups in total. The number of rotatable bonds is 9. The molecule has 0 radical (unpaired) electrons. The monoisotopic (exact) mass is 509 g/mol. The predicted octanol–water partition coefficient (Wildman–Crippen LogP) is 4.11. The summed E-state index contributed by atoms with van der Waals surface area (Å²) in [6, 6.07) is 8.88. The van der Waals surface area contributed by atoms with E-state index in [-0.39, 0.29) is 27.1 Å². The van der Waals surface area contributed by atoms with Gasteiger partial charge in [-0.05, 0) is 56.3 Å². The molecule has 3 rings (SSSR count). The number of sulfonamides is 1. The molecule has 34 heavy (non-hydrogen) atoms. The third-order valence-electron chi connectivity index (χ3n) is 5.82. The van der Waals surface area contributed by atoms with E-state index in [4.69, 9.17) is 21.1 Å². The van der Waals surface area contributed by atoms with Gasteiger partial charge >= 0.3 is 0 Å². The van der Waals surface area contributed by atoms with E-state index in [1.165, 1.54) is 50.6 Å². The van der Waals surface area contributed by atoms with Crippen molar-refractivity contribution in [1.29, 1.82) is 0 Å². The molecule has 1 aliphatic rings. The van der Waals surface area contributed by atoms with Gasteiger partial charge in [-0.3, -0.25) is 9.52 Å². The average molecular weight is 510 g/mol. The van der Waals surface area contributed by atoms with Crippen LogP contribution in [0.15, 0.2) is 41.3 Å². The Kier molecular flexibility index (Phi) is 9.04. The molecule has 2 aromatic rings. The van der Waals surface area contributed by atoms with Crippen LogP contribution in [-0.4, -0.2) is 71.1 Å². The summed E-state index contributed by atoms with van der Waals surface area (Å²) in [5.74, 6) is 0.521. The van der Waals surface area contributed by atoms with E-state index in [2.05, 4.69) is 16.5 Å². The zero-order valence-corrected chi connectivity index (χ0v) is 21.4. The molecule has 186 valence electrons. The summed E-state index contributed by atoms with van der Waals surface area (Å²) >= 11 is 6.34. The molecule has 0 saturated carbocycles. The van der Waals surface area contributed by atoms with Gasteiger partial charge in [0.25, 0.3) is 15.9 Å². The van der Waals surface area contributed by atoms with E-state index in [1.807, 2.05) is 0 Å². The topological polar surface area (TPSA) is 88.2 Å². The maximum absolute atomic E-state index is 13.3. The van der Waals surface area contributed by atoms with E-state index >= 15 is 0 Å². The fraction of sp³-hybridized carbons (Fsp3) is 0.458. The first-order valence-electron chi connectivity index (χ1n) is 11.3. The number of ether oxygens (including phenoxy) is 2. The largest absolute Gasteiger partial charge is 0.493 e. The molecule has 10 heteroatoms. The van der Waals surface area contributed by atoms with E-state index in [9.17, 15) is 13.2 Å². The van der Waals surface area contributed by atoms with Gasteiger partial charge in [-0.25, -0.2) is 8.42 Å². The van der Waals surface area contributed by atoms with Gasteiger partial charge in [-0.2, -0.15) is 0 Å². The second kappa shape index (κ2) is 11.8. The Morgan fingerprint density at radius 2 is 1.79 bits per heavy atom. The number of amides is 1. The normalized spacial score (nSPS) is 15.0. The minimum Gasteiger partial charge on any atom is -0.493 e. The second-order valence-corrected chi connectivity index (χ2v) is 10.2. The lowest BCUT2D eigenvalue weighted by atomic mass is 10.1. The summed E-state index contributed by atoms with van der Waals surface area (Å²) in [5, 5.41) is 0.283. The SMILES string of the molecule is CCCCN1CCCN(C(=O)c2cc(NS(=O)(=O)c3ccc(OC)c(OC)c3)ccc2Cl)CC1. The van der Waals surface area contributed by atoms with Gasteiger partial charge in [0.1, 0.15) is 0 Å². The molecule has 1 amide bonds. The van der Waals surface area contributed by atoms with E-state index in [0.29, 0.717) is 24.6 Å². The van der Waals surface area contributed by atoms with Crippen LogP contribution in [0.25, 0.3) is 0 Å². The predicted molar refractivity (Wildman–Crippen MR) is 134 cm³/mol. The van der Waals surface area contributed by atoms with Crippen LogP contribution in [0.2, 0.25) is 5.02 Å². The quantitative estimate of drug-likeness (QED) is 0.547. The zero-order chi connectivity index (χ0) is 24.7. The van der Waals surface area contributed by atoms with Crippen LogP contribution >= 0.6 is 11.6 Å². The maximum atomic E-state index is 13.3. The highest BCUT2D eigenvalue weighted by molar-refractivity contribution is 7.92. The maximum Gasteiger partial charge on any atom is 0.262 e. The van der Waals surface area contributed by atoms with Crippen molar-refractivity contribution < 1.29 is 22.7 Å². The molecule has 0 aromatic heterocycles. The van der Waals surface area contributed by atoms with Crippen LogP contribution in [0.4, 0.5) is 5.69 Å². The Morgan fingerprint density at radius 3 is 2.50 bits per heavy atom. The lowest BCUT2D eigenvalue weighted by Crippen LogP contribution is -2.35. The highest BCUT2D eigenvalue weighted by atomic mass is 35.5. The number of anilines is 1. The van der Waals surface area contributed by atoms with E-state index < -0.39 is 10.0 Å². The molecule has 0 unspecified atom stereocenters. The molecule has 1 aliphatic heterocycles. The van der Waals surface area contributed by atoms with Crippen molar-refractivity contribution in [2.75, 3.05) is 51.7 Å². The number of hydrogen-bond acceptors (Lipinski definition) is 6. The smallest absolute Gasteiger partial charge is 0.262 e. The summed E-state index contributed by atoms with van der Waals surface area (Å²) in [4.78, 5) is 17.4. The van der Waals surface area contributed by atoms with Gasteiger partial charge in [0.15, 0.2) is 11.5 Å². The lowest BCUT2D eigenvalue weighted by molar-refractivity contribution is 0.0761. The number of hydrogen-bond donors (Lipinski definition) is 1. The molecule has 1 heterocycles. The summed E-state index contributed by atoms with van der Waals surface area (Å²) in [5.41, 5.74) is 0.526. The van der Waals surface area contributed by atoms with Crippen molar-refractivity contribution in [2.45, 2.75) is 31.1 Å². The summed E-state index contributed by atoms with van der Waals surface area (Å²) in [6.45, 7) is 6.23. The van der Waals surface area contributed by atoms with E-state index in [1.54, 1.807) is 4.90 Å². The van der Waals surface area contributed by atoms with Crippen molar-refractivity contribution in [3.05, 3.63) is 47.0 Å². The van der Waals surface area contributed by atoms with Crippen molar-refractivity contribution in [2.24, 2.45) is 0 Å². The number of carbonyl (C=O) groups is 1. The Balaban J connectivity index is 1.77. The van der Waals surface area contributed by atoms with Gasteiger partial charge in [0.05, 0.1) is 29.7 Å². The fourth-order valence-corrected chi connectivity index (χ4v) is 5.16. The van der Waals surface area contributed by atoms with Gasteiger partial charge in [0, 0.05) is 31.4 Å². The van der Waals surface area contributed by atoms with Crippen molar-refractivity contribution in [3.8, 4) is 11.5 Å². The molecule has 2 aromatic carbocycles. The Bertz CT molecular complexity index is 1110. The fourth-order valence-electron chi connectivity index (χ4n) is 3.90. The number of methoxy groups -OCH3 is 2. The third-order valence-corrected chi connectivity index (χ3v) is 7.53. The van der Waals surface area contributed by atoms with Crippen molar-refractivity contribution in [1.82, 2.24) is 9.80 Å². The summed E-state index contributed by atoms with van der Waals surface area (Å²) in [7, 11) is -1.02. The second-order valence-electron chi connectivity index (χ2n) is 8.16. The van der Waals surface area contributed by atoms with Crippen molar-refractivity contribution in [3.63, 3.8) is 0 Å². The molecule has 8 nitrogen and oxygen atoms in total. The first-order valence-corrected chi connectivity index (χ1v) is 13.2. The Labute approximate surface area is 206 Å². The summed E-state index contributed by atoms with van der Waals surface area (Å²) < 4.78 is 38.8. The van der Waals surface area contributed by atoms with Gasteiger partial charge in [-0.1, -0.05) is 24.9 Å². The van der Waals surface area contributed by atoms with Crippen LogP contribution in [0.5, 0.6) is 11.5 Å². The molecule has 0 bridgehead atoms. The first-order chi connectivity index (χ1) is 16.3. The Morgan fingerprint density at radius 1 is 1.03 bits per heavy atom. The third kappa shape index (κ3) is 6.34. The van der Waals surface area contributed by atoms with Crippen LogP contribution < -0.4 is 14.2 Å². The van der Waals surface area contributed by atoms with Crippen LogP contribution in [-0.2, 0) is 10.0 Å². The number of nitrogens with zero attached hydrogens (tertiary/aromatic N) is 2. The molecule has 1 saturated heterocycles. The van der Waals surface area contributed by atoms with Gasteiger partial charge < -0.3 is 19.3 Å². The molecule has 0 spiro atoms. The van der Waals surface area contributed by atoms with Crippen LogP contribution in [0.1, 0.15) is 36.5 Å². The number of nitrogens with one attached hydrogen (secondary N) is 1. The molecular weight excluding hydrogens is 478 g/mol. The number of halogens is 1. The van der Waals surface area contributed by atoms with Gasteiger partial charge in [-0.15, -0.1) is 0 Å². The highest BCUT2D eigenvalue weighted by Gasteiger charge is 2.23. The number of unbranched alkanes of at least 4 members (excludes halogenated alkanes) is 1. The van der Waals surface area contributed by atoms with E-state index in [0.717, 1.165) is 38.9 Å².